The highest BCUT2D eigenvalue weighted by atomic mass is 32.2. The molecule has 0 bridgehead atoms. The van der Waals surface area contributed by atoms with Crippen LogP contribution in [0.2, 0.25) is 0 Å². The first-order valence-corrected chi connectivity index (χ1v) is 9.57. The molecule has 2 aromatic rings. The van der Waals surface area contributed by atoms with Crippen LogP contribution >= 0.6 is 0 Å². The molecule has 0 saturated heterocycles. The van der Waals surface area contributed by atoms with Gasteiger partial charge in [0.15, 0.2) is 11.5 Å². The predicted molar refractivity (Wildman–Crippen MR) is 93.8 cm³/mol. The zero-order valence-electron chi connectivity index (χ0n) is 14.8. The van der Waals surface area contributed by atoms with Gasteiger partial charge in [0, 0.05) is 6.54 Å². The quantitative estimate of drug-likeness (QED) is 0.681. The summed E-state index contributed by atoms with van der Waals surface area (Å²) < 4.78 is 51.3. The number of halogens is 1. The second-order valence-corrected chi connectivity index (χ2v) is 7.23. The van der Waals surface area contributed by atoms with Crippen molar-refractivity contribution in [3.63, 3.8) is 0 Å². The summed E-state index contributed by atoms with van der Waals surface area (Å²) in [5.41, 5.74) is 0.356. The van der Waals surface area contributed by atoms with Crippen molar-refractivity contribution in [2.24, 2.45) is 0 Å². The van der Waals surface area contributed by atoms with Crippen LogP contribution in [-0.2, 0) is 16.4 Å². The summed E-state index contributed by atoms with van der Waals surface area (Å²) in [6.45, 7) is 2.30. The summed E-state index contributed by atoms with van der Waals surface area (Å²) in [7, 11) is -2.72. The number of nitrogens with one attached hydrogen (secondary N) is 1. The number of carboxylic acid groups (broad SMARTS) is 1. The standard InChI is InChI=1S/C18H20FNO6S/c1-3-26-15-7-4-12(10-16(15)25-2)8-9-20-27(23,24)17-11-13(18(21)22)5-6-14(17)19/h4-7,10-11,20H,3,8-9H2,1-2H3,(H,21,22)/p-1. The van der Waals surface area contributed by atoms with Crippen molar-refractivity contribution in [3.05, 3.63) is 53.3 Å². The van der Waals surface area contributed by atoms with Gasteiger partial charge in [-0.3, -0.25) is 0 Å². The monoisotopic (exact) mass is 396 g/mol. The molecule has 0 spiro atoms. The minimum Gasteiger partial charge on any atom is -0.545 e. The molecule has 1 N–H and O–H groups in total. The van der Waals surface area contributed by atoms with E-state index in [-0.39, 0.29) is 6.54 Å². The minimum atomic E-state index is -4.22. The third kappa shape index (κ3) is 5.18. The molecule has 2 rings (SSSR count). The normalized spacial score (nSPS) is 11.2. The van der Waals surface area contributed by atoms with Crippen molar-refractivity contribution in [2.75, 3.05) is 20.3 Å². The van der Waals surface area contributed by atoms with Crippen molar-refractivity contribution in [1.82, 2.24) is 4.72 Å². The van der Waals surface area contributed by atoms with Crippen molar-refractivity contribution >= 4 is 16.0 Å². The number of hydrogen-bond donors (Lipinski definition) is 1. The van der Waals surface area contributed by atoms with Gasteiger partial charge in [0.05, 0.1) is 19.7 Å². The molecule has 146 valence electrons. The van der Waals surface area contributed by atoms with Gasteiger partial charge in [0.2, 0.25) is 10.0 Å². The SMILES string of the molecule is CCOc1ccc(CCNS(=O)(=O)c2cc(C(=O)[O-])ccc2F)cc1OC. The Morgan fingerprint density at radius 2 is 1.93 bits per heavy atom. The van der Waals surface area contributed by atoms with Crippen LogP contribution in [0.3, 0.4) is 0 Å². The molecule has 0 aliphatic heterocycles. The number of rotatable bonds is 9. The van der Waals surface area contributed by atoms with E-state index >= 15 is 0 Å². The third-order valence-corrected chi connectivity index (χ3v) is 5.17. The summed E-state index contributed by atoms with van der Waals surface area (Å²) in [6.07, 6.45) is 0.309. The summed E-state index contributed by atoms with van der Waals surface area (Å²) in [5.74, 6) is -1.54. The number of hydrogen-bond acceptors (Lipinski definition) is 6. The highest BCUT2D eigenvalue weighted by Gasteiger charge is 2.19. The Kier molecular flexibility index (Phi) is 6.75. The van der Waals surface area contributed by atoms with E-state index in [2.05, 4.69) is 4.72 Å². The number of carbonyl (C=O) groups excluding carboxylic acids is 1. The fourth-order valence-electron chi connectivity index (χ4n) is 2.39. The lowest BCUT2D eigenvalue weighted by Crippen LogP contribution is -2.28. The Labute approximate surface area is 156 Å². The maximum Gasteiger partial charge on any atom is 0.243 e. The zero-order chi connectivity index (χ0) is 20.0. The van der Waals surface area contributed by atoms with Crippen molar-refractivity contribution in [2.45, 2.75) is 18.2 Å². The molecule has 27 heavy (non-hydrogen) atoms. The lowest BCUT2D eigenvalue weighted by atomic mass is 10.1. The minimum absolute atomic E-state index is 0.0194. The zero-order valence-corrected chi connectivity index (χ0v) is 15.6. The van der Waals surface area contributed by atoms with E-state index in [4.69, 9.17) is 9.47 Å². The van der Waals surface area contributed by atoms with E-state index in [9.17, 15) is 22.7 Å². The maximum atomic E-state index is 13.8. The molecule has 0 aliphatic rings. The number of carbonyl (C=O) groups is 1. The van der Waals surface area contributed by atoms with Gasteiger partial charge >= 0.3 is 0 Å². The Morgan fingerprint density at radius 1 is 1.19 bits per heavy atom. The van der Waals surface area contributed by atoms with Crippen molar-refractivity contribution < 1.29 is 32.2 Å². The molecule has 0 heterocycles. The molecule has 0 aliphatic carbocycles. The Balaban J connectivity index is 2.10. The predicted octanol–water partition coefficient (Wildman–Crippen LogP) is 1.12. The van der Waals surface area contributed by atoms with Gasteiger partial charge in [-0.2, -0.15) is 0 Å². The molecular weight excluding hydrogens is 377 g/mol. The van der Waals surface area contributed by atoms with E-state index in [1.54, 1.807) is 18.2 Å². The molecule has 0 fully saturated rings. The number of carboxylic acids is 1. The van der Waals surface area contributed by atoms with Gasteiger partial charge in [-0.15, -0.1) is 0 Å². The lowest BCUT2D eigenvalue weighted by molar-refractivity contribution is -0.255. The van der Waals surface area contributed by atoms with Crippen molar-refractivity contribution in [1.29, 1.82) is 0 Å². The molecule has 9 heteroatoms. The topological polar surface area (TPSA) is 105 Å². The lowest BCUT2D eigenvalue weighted by Gasteiger charge is -2.12. The molecule has 0 saturated carbocycles. The van der Waals surface area contributed by atoms with Crippen LogP contribution in [0.1, 0.15) is 22.8 Å². The average molecular weight is 396 g/mol. The Bertz CT molecular complexity index is 929. The Morgan fingerprint density at radius 3 is 2.56 bits per heavy atom. The fraction of sp³-hybridized carbons (Fsp3) is 0.278. The van der Waals surface area contributed by atoms with Gasteiger partial charge in [-0.25, -0.2) is 17.5 Å². The first-order chi connectivity index (χ1) is 12.8. The molecule has 0 radical (unpaired) electrons. The van der Waals surface area contributed by atoms with Crippen LogP contribution in [0.25, 0.3) is 0 Å². The molecule has 0 aromatic heterocycles. The molecule has 0 unspecified atom stereocenters. The van der Waals surface area contributed by atoms with Gasteiger partial charge in [0.1, 0.15) is 10.7 Å². The summed E-state index contributed by atoms with van der Waals surface area (Å²) in [4.78, 5) is 10.1. The van der Waals surface area contributed by atoms with Gasteiger partial charge in [-0.1, -0.05) is 12.1 Å². The summed E-state index contributed by atoms with van der Waals surface area (Å²) >= 11 is 0. The number of ether oxygens (including phenoxy) is 2. The van der Waals surface area contributed by atoms with E-state index in [1.165, 1.54) is 7.11 Å². The molecule has 2 aromatic carbocycles. The van der Waals surface area contributed by atoms with Gasteiger partial charge < -0.3 is 19.4 Å². The number of methoxy groups -OCH3 is 1. The van der Waals surface area contributed by atoms with Gasteiger partial charge in [-0.05, 0) is 48.7 Å². The van der Waals surface area contributed by atoms with E-state index < -0.39 is 32.3 Å². The number of benzene rings is 2. The van der Waals surface area contributed by atoms with E-state index in [1.807, 2.05) is 6.92 Å². The van der Waals surface area contributed by atoms with Crippen LogP contribution in [0.5, 0.6) is 11.5 Å². The van der Waals surface area contributed by atoms with Crippen LogP contribution in [0, 0.1) is 5.82 Å². The summed E-state index contributed by atoms with van der Waals surface area (Å²) in [5, 5.41) is 10.9. The van der Waals surface area contributed by atoms with E-state index in [0.717, 1.165) is 23.8 Å². The first-order valence-electron chi connectivity index (χ1n) is 8.08. The average Bonchev–Trinajstić information content (AvgIpc) is 2.62. The van der Waals surface area contributed by atoms with Crippen LogP contribution in [0.15, 0.2) is 41.3 Å². The highest BCUT2D eigenvalue weighted by molar-refractivity contribution is 7.89. The fourth-order valence-corrected chi connectivity index (χ4v) is 3.52. The van der Waals surface area contributed by atoms with Crippen molar-refractivity contribution in [3.8, 4) is 11.5 Å². The highest BCUT2D eigenvalue weighted by Crippen LogP contribution is 2.28. The molecule has 0 amide bonds. The number of aromatic carboxylic acids is 1. The molecular formula is C18H19FNO6S-. The third-order valence-electron chi connectivity index (χ3n) is 3.69. The molecule has 7 nitrogen and oxygen atoms in total. The van der Waals surface area contributed by atoms with Crippen LogP contribution < -0.4 is 19.3 Å². The summed E-state index contributed by atoms with van der Waals surface area (Å²) in [6, 6.07) is 7.64. The van der Waals surface area contributed by atoms with Gasteiger partial charge in [0.25, 0.3) is 0 Å². The second kappa shape index (κ2) is 8.83. The van der Waals surface area contributed by atoms with E-state index in [0.29, 0.717) is 24.5 Å². The maximum absolute atomic E-state index is 13.8. The second-order valence-electron chi connectivity index (χ2n) is 5.50. The number of sulfonamides is 1. The van der Waals surface area contributed by atoms with Crippen LogP contribution in [-0.4, -0.2) is 34.6 Å². The molecule has 0 atom stereocenters. The first kappa shape index (κ1) is 20.7. The largest absolute Gasteiger partial charge is 0.545 e. The van der Waals surface area contributed by atoms with Crippen LogP contribution in [0.4, 0.5) is 4.39 Å². The Hall–Kier alpha value is -2.65. The smallest absolute Gasteiger partial charge is 0.243 e.